The lowest BCUT2D eigenvalue weighted by Gasteiger charge is -2.12. The summed E-state index contributed by atoms with van der Waals surface area (Å²) < 4.78 is 54.0. The molecule has 0 aliphatic rings. The maximum absolute atomic E-state index is 13.7. The number of ketones is 1. The Hall–Kier alpha value is -7.10. The van der Waals surface area contributed by atoms with Gasteiger partial charge in [-0.3, -0.25) is 19.2 Å². The van der Waals surface area contributed by atoms with Crippen molar-refractivity contribution in [2.24, 2.45) is 0 Å². The molecule has 0 saturated heterocycles. The summed E-state index contributed by atoms with van der Waals surface area (Å²) in [5.74, 6) is -2.69. The van der Waals surface area contributed by atoms with Gasteiger partial charge in [0.15, 0.2) is 5.78 Å². The Balaban J connectivity index is 1.16. The zero-order chi connectivity index (χ0) is 40.9. The number of hydrogen-bond acceptors (Lipinski definition) is 10. The van der Waals surface area contributed by atoms with Gasteiger partial charge in [0, 0.05) is 52.1 Å². The molecule has 0 bridgehead atoms. The van der Waals surface area contributed by atoms with E-state index in [4.69, 9.17) is 0 Å². The highest BCUT2D eigenvalue weighted by Gasteiger charge is 2.22. The van der Waals surface area contributed by atoms with Crippen LogP contribution in [0.1, 0.15) is 48.4 Å². The number of carbonyl (C=O) groups is 4. The van der Waals surface area contributed by atoms with E-state index in [1.165, 1.54) is 110 Å². The third kappa shape index (κ3) is 9.07. The van der Waals surface area contributed by atoms with E-state index in [1.807, 2.05) is 0 Å². The molecule has 0 atom stereocenters. The van der Waals surface area contributed by atoms with Crippen LogP contribution in [0.25, 0.3) is 0 Å². The molecule has 0 aliphatic carbocycles. The van der Waals surface area contributed by atoms with E-state index >= 15 is 0 Å². The lowest BCUT2D eigenvalue weighted by atomic mass is 10.1. The highest BCUT2D eigenvalue weighted by Crippen LogP contribution is 2.28. The molecule has 0 aliphatic heterocycles. The number of carbonyl (C=O) groups excluding carboxylic acids is 4. The number of Topliss-reactive ketones (excluding diaryl/α,β-unsaturated/α-hetero) is 1. The van der Waals surface area contributed by atoms with Gasteiger partial charge in [-0.2, -0.15) is 0 Å². The molecule has 0 spiro atoms. The standard InChI is InChI=1S/C42H34N4O9S2/c1-26(47)27-8-3-9-28(18-27)40(49)44-32-11-5-16-38(23-32)57(54,55)39-17-7-13-34(25-39)46-42(51)30-19-29(20-35(48)21-30)41(50)45-33-12-6-15-37(24-33)56(52,53)36-14-4-10-31(22-36)43-2/h3-25,43,48H,1-2H3,(H,44,49)(H,45,50)(H,46,51). The topological polar surface area (TPSA) is 205 Å². The predicted molar refractivity (Wildman–Crippen MR) is 215 cm³/mol. The van der Waals surface area contributed by atoms with Gasteiger partial charge in [0.1, 0.15) is 5.75 Å². The van der Waals surface area contributed by atoms with Crippen LogP contribution in [0.3, 0.4) is 0 Å². The Kier molecular flexibility index (Phi) is 11.3. The molecule has 3 amide bonds. The van der Waals surface area contributed by atoms with E-state index in [-0.39, 0.29) is 59.1 Å². The fraction of sp³-hybridized carbons (Fsp3) is 0.0476. The largest absolute Gasteiger partial charge is 0.508 e. The van der Waals surface area contributed by atoms with Gasteiger partial charge in [0.2, 0.25) is 19.7 Å². The first-order chi connectivity index (χ1) is 27.1. The fourth-order valence-corrected chi connectivity index (χ4v) is 8.38. The normalized spacial score (nSPS) is 11.3. The average molecular weight is 803 g/mol. The number of rotatable bonds is 12. The van der Waals surface area contributed by atoms with Crippen molar-refractivity contribution in [3.8, 4) is 5.75 Å². The van der Waals surface area contributed by atoms with Crippen molar-refractivity contribution >= 4 is 65.9 Å². The summed E-state index contributed by atoms with van der Waals surface area (Å²) in [7, 11) is -6.45. The Morgan fingerprint density at radius 3 is 1.18 bits per heavy atom. The number of sulfone groups is 2. The predicted octanol–water partition coefficient (Wildman–Crippen LogP) is 7.06. The molecule has 288 valence electrons. The van der Waals surface area contributed by atoms with E-state index in [1.54, 1.807) is 31.3 Å². The Labute approximate surface area is 328 Å². The lowest BCUT2D eigenvalue weighted by Crippen LogP contribution is -2.16. The molecule has 6 aromatic rings. The summed E-state index contributed by atoms with van der Waals surface area (Å²) in [4.78, 5) is 50.9. The second kappa shape index (κ2) is 16.3. The zero-order valence-corrected chi connectivity index (χ0v) is 31.9. The fourth-order valence-electron chi connectivity index (χ4n) is 5.68. The van der Waals surface area contributed by atoms with Crippen molar-refractivity contribution in [1.82, 2.24) is 0 Å². The number of phenols is 1. The summed E-state index contributed by atoms with van der Waals surface area (Å²) >= 11 is 0. The lowest BCUT2D eigenvalue weighted by molar-refractivity contribution is 0.100. The van der Waals surface area contributed by atoms with Gasteiger partial charge in [-0.15, -0.1) is 0 Å². The molecule has 5 N–H and O–H groups in total. The molecule has 0 heterocycles. The van der Waals surface area contributed by atoms with Crippen LogP contribution in [0.5, 0.6) is 5.75 Å². The first-order valence-corrected chi connectivity index (χ1v) is 20.1. The molecule has 0 saturated carbocycles. The van der Waals surface area contributed by atoms with Crippen LogP contribution in [-0.4, -0.2) is 52.5 Å². The van der Waals surface area contributed by atoms with Gasteiger partial charge >= 0.3 is 0 Å². The minimum Gasteiger partial charge on any atom is -0.508 e. The van der Waals surface area contributed by atoms with Crippen LogP contribution in [0.2, 0.25) is 0 Å². The van der Waals surface area contributed by atoms with Gasteiger partial charge in [0.05, 0.1) is 19.6 Å². The van der Waals surface area contributed by atoms with Crippen molar-refractivity contribution < 1.29 is 41.1 Å². The van der Waals surface area contributed by atoms with Crippen LogP contribution < -0.4 is 21.3 Å². The monoisotopic (exact) mass is 802 g/mol. The number of benzene rings is 6. The third-order valence-corrected chi connectivity index (χ3v) is 12.1. The summed E-state index contributed by atoms with van der Waals surface area (Å²) in [6, 6.07) is 32.5. The molecule has 57 heavy (non-hydrogen) atoms. The summed E-state index contributed by atoms with van der Waals surface area (Å²) in [6.07, 6.45) is 0. The smallest absolute Gasteiger partial charge is 0.255 e. The van der Waals surface area contributed by atoms with Crippen LogP contribution in [-0.2, 0) is 19.7 Å². The minimum atomic E-state index is -4.17. The van der Waals surface area contributed by atoms with Crippen molar-refractivity contribution in [1.29, 1.82) is 0 Å². The van der Waals surface area contributed by atoms with E-state index < -0.39 is 43.1 Å². The molecule has 15 heteroatoms. The molecule has 0 radical (unpaired) electrons. The van der Waals surface area contributed by atoms with E-state index in [0.717, 1.165) is 12.1 Å². The maximum Gasteiger partial charge on any atom is 0.255 e. The second-order valence-electron chi connectivity index (χ2n) is 12.6. The number of amides is 3. The SMILES string of the molecule is CNc1cccc(S(=O)(=O)c2cccc(NC(=O)c3cc(O)cc(C(=O)Nc4cccc(S(=O)(=O)c5cccc(NC(=O)c6cccc(C(C)=O)c6)c5)c4)c3)c2)c1. The van der Waals surface area contributed by atoms with Gasteiger partial charge in [-0.1, -0.05) is 36.4 Å². The second-order valence-corrected chi connectivity index (χ2v) is 16.5. The average Bonchev–Trinajstić information content (AvgIpc) is 3.21. The third-order valence-electron chi connectivity index (χ3n) is 8.61. The van der Waals surface area contributed by atoms with E-state index in [2.05, 4.69) is 21.3 Å². The van der Waals surface area contributed by atoms with Crippen molar-refractivity contribution in [3.63, 3.8) is 0 Å². The Morgan fingerprint density at radius 2 is 0.772 bits per heavy atom. The maximum atomic E-state index is 13.7. The van der Waals surface area contributed by atoms with Crippen LogP contribution in [0.15, 0.2) is 159 Å². The highest BCUT2D eigenvalue weighted by atomic mass is 32.2. The van der Waals surface area contributed by atoms with Crippen LogP contribution in [0, 0.1) is 0 Å². The molecule has 6 aromatic carbocycles. The molecule has 0 fully saturated rings. The van der Waals surface area contributed by atoms with Crippen LogP contribution in [0.4, 0.5) is 22.7 Å². The Morgan fingerprint density at radius 1 is 0.439 bits per heavy atom. The van der Waals surface area contributed by atoms with Crippen molar-refractivity contribution in [2.75, 3.05) is 28.3 Å². The number of aromatic hydroxyl groups is 1. The highest BCUT2D eigenvalue weighted by molar-refractivity contribution is 7.91. The molecular formula is C42H34N4O9S2. The molecule has 0 aromatic heterocycles. The van der Waals surface area contributed by atoms with Gasteiger partial charge in [-0.25, -0.2) is 16.8 Å². The number of phenolic OH excluding ortho intramolecular Hbond substituents is 1. The Bertz CT molecular complexity index is 2800. The minimum absolute atomic E-state index is 0.0508. The van der Waals surface area contributed by atoms with Crippen molar-refractivity contribution in [3.05, 3.63) is 162 Å². The van der Waals surface area contributed by atoms with E-state index in [9.17, 15) is 41.1 Å². The molecular weight excluding hydrogens is 769 g/mol. The van der Waals surface area contributed by atoms with Gasteiger partial charge in [-0.05, 0) is 110 Å². The van der Waals surface area contributed by atoms with Gasteiger partial charge < -0.3 is 26.4 Å². The van der Waals surface area contributed by atoms with Gasteiger partial charge in [0.25, 0.3) is 17.7 Å². The summed E-state index contributed by atoms with van der Waals surface area (Å²) in [6.45, 7) is 1.38. The molecule has 6 rings (SSSR count). The zero-order valence-electron chi connectivity index (χ0n) is 30.3. The molecule has 13 nitrogen and oxygen atoms in total. The first kappa shape index (κ1) is 39.6. The summed E-state index contributed by atoms with van der Waals surface area (Å²) in [5.41, 5.74) is 1.33. The number of nitrogens with one attached hydrogen (secondary N) is 4. The number of anilines is 4. The molecule has 0 unspecified atom stereocenters. The van der Waals surface area contributed by atoms with E-state index in [0.29, 0.717) is 11.3 Å². The summed E-state index contributed by atoms with van der Waals surface area (Å²) in [5, 5.41) is 21.1. The first-order valence-electron chi connectivity index (χ1n) is 17.1. The van der Waals surface area contributed by atoms with Crippen LogP contribution >= 0.6 is 0 Å². The quantitative estimate of drug-likeness (QED) is 0.0797. The van der Waals surface area contributed by atoms with Crippen molar-refractivity contribution in [2.45, 2.75) is 26.5 Å². The number of hydrogen-bond donors (Lipinski definition) is 5.